The van der Waals surface area contributed by atoms with E-state index in [1.54, 1.807) is 0 Å². The Hall–Kier alpha value is -2.67. The predicted molar refractivity (Wildman–Crippen MR) is 105 cm³/mol. The van der Waals surface area contributed by atoms with E-state index in [4.69, 9.17) is 4.74 Å². The van der Waals surface area contributed by atoms with Crippen LogP contribution in [0.5, 0.6) is 0 Å². The highest BCUT2D eigenvalue weighted by Crippen LogP contribution is 2.35. The average molecular weight is 383 g/mol. The van der Waals surface area contributed by atoms with Gasteiger partial charge >= 0.3 is 0 Å². The summed E-state index contributed by atoms with van der Waals surface area (Å²) in [5.74, 6) is -0.971. The van der Waals surface area contributed by atoms with Crippen molar-refractivity contribution < 1.29 is 19.1 Å². The van der Waals surface area contributed by atoms with Crippen LogP contribution >= 0.6 is 0 Å². The predicted octanol–water partition coefficient (Wildman–Crippen LogP) is 1.80. The third kappa shape index (κ3) is 3.67. The molecular formula is C21H25N3O4. The number of rotatable bonds is 5. The lowest BCUT2D eigenvalue weighted by atomic mass is 9.85. The molecule has 2 saturated heterocycles. The molecule has 0 unspecified atom stereocenters. The minimum Gasteiger partial charge on any atom is -0.378 e. The first-order chi connectivity index (χ1) is 13.6. The van der Waals surface area contributed by atoms with Crippen molar-refractivity contribution in [3.63, 3.8) is 0 Å². The maximum Gasteiger partial charge on any atom is 0.233 e. The van der Waals surface area contributed by atoms with Gasteiger partial charge in [0.2, 0.25) is 17.7 Å². The zero-order valence-electron chi connectivity index (χ0n) is 15.8. The van der Waals surface area contributed by atoms with E-state index in [2.05, 4.69) is 10.2 Å². The summed E-state index contributed by atoms with van der Waals surface area (Å²) in [7, 11) is 0. The number of morpholine rings is 1. The summed E-state index contributed by atoms with van der Waals surface area (Å²) >= 11 is 0. The van der Waals surface area contributed by atoms with Crippen LogP contribution in [0.1, 0.15) is 19.3 Å². The molecule has 0 aromatic heterocycles. The number of ether oxygens (including phenoxy) is 1. The normalized spacial score (nSPS) is 24.4. The maximum absolute atomic E-state index is 12.5. The van der Waals surface area contributed by atoms with Gasteiger partial charge in [-0.1, -0.05) is 24.3 Å². The van der Waals surface area contributed by atoms with E-state index in [0.717, 1.165) is 24.5 Å². The van der Waals surface area contributed by atoms with E-state index in [-0.39, 0.29) is 42.5 Å². The molecule has 0 spiro atoms. The summed E-state index contributed by atoms with van der Waals surface area (Å²) in [6.07, 6.45) is 5.26. The maximum atomic E-state index is 12.5. The van der Waals surface area contributed by atoms with Crippen LogP contribution in [0.4, 0.5) is 11.4 Å². The molecule has 0 saturated carbocycles. The lowest BCUT2D eigenvalue weighted by Gasteiger charge is -2.30. The highest BCUT2D eigenvalue weighted by atomic mass is 16.5. The molecule has 0 radical (unpaired) electrons. The van der Waals surface area contributed by atoms with E-state index in [0.29, 0.717) is 26.1 Å². The summed E-state index contributed by atoms with van der Waals surface area (Å²) in [6.45, 7) is 3.02. The first-order valence-electron chi connectivity index (χ1n) is 9.87. The Morgan fingerprint density at radius 3 is 2.36 bits per heavy atom. The van der Waals surface area contributed by atoms with Crippen molar-refractivity contribution in [3.8, 4) is 0 Å². The molecule has 1 aromatic rings. The molecule has 3 amide bonds. The number of allylic oxidation sites excluding steroid dienone is 2. The summed E-state index contributed by atoms with van der Waals surface area (Å²) < 4.78 is 5.40. The number of nitrogens with zero attached hydrogens (tertiary/aromatic N) is 2. The fourth-order valence-corrected chi connectivity index (χ4v) is 4.17. The minimum absolute atomic E-state index is 0.0990. The van der Waals surface area contributed by atoms with Crippen molar-refractivity contribution in [2.45, 2.75) is 19.3 Å². The van der Waals surface area contributed by atoms with Gasteiger partial charge in [0.15, 0.2) is 0 Å². The number of nitrogens with one attached hydrogen (secondary N) is 1. The molecule has 2 aliphatic heterocycles. The van der Waals surface area contributed by atoms with Gasteiger partial charge in [0.25, 0.3) is 0 Å². The molecule has 28 heavy (non-hydrogen) atoms. The Bertz CT molecular complexity index is 775. The molecule has 2 heterocycles. The number of hydrogen-bond donors (Lipinski definition) is 1. The molecule has 2 atom stereocenters. The number of likely N-dealkylation sites (tertiary alicyclic amines) is 1. The Morgan fingerprint density at radius 2 is 1.68 bits per heavy atom. The smallest absolute Gasteiger partial charge is 0.233 e. The van der Waals surface area contributed by atoms with Crippen LogP contribution in [-0.4, -0.2) is 55.5 Å². The van der Waals surface area contributed by atoms with E-state index >= 15 is 0 Å². The number of hydrogen-bond acceptors (Lipinski definition) is 5. The zero-order chi connectivity index (χ0) is 19.5. The van der Waals surface area contributed by atoms with Crippen LogP contribution in [0.15, 0.2) is 36.4 Å². The summed E-state index contributed by atoms with van der Waals surface area (Å²) in [5.41, 5.74) is 1.70. The van der Waals surface area contributed by atoms with E-state index in [1.165, 1.54) is 4.90 Å². The minimum atomic E-state index is -0.248. The standard InChI is InChI=1S/C21H25N3O4/c25-19(9-10-24-20(26)15-5-1-2-6-16(15)21(24)27)22-17-7-3-4-8-18(17)23-11-13-28-14-12-23/h1-4,7-8,15-16H,5-6,9-14H2,(H,22,25)/t15-,16-/m0/s1. The van der Waals surface area contributed by atoms with Crippen LogP contribution in [0.2, 0.25) is 0 Å². The highest BCUT2D eigenvalue weighted by molar-refractivity contribution is 6.06. The van der Waals surface area contributed by atoms with E-state index in [1.807, 2.05) is 36.4 Å². The largest absolute Gasteiger partial charge is 0.378 e. The van der Waals surface area contributed by atoms with Crippen LogP contribution < -0.4 is 10.2 Å². The number of para-hydroxylation sites is 2. The Labute approximate surface area is 164 Å². The van der Waals surface area contributed by atoms with Crippen molar-refractivity contribution in [1.29, 1.82) is 0 Å². The topological polar surface area (TPSA) is 79.0 Å². The van der Waals surface area contributed by atoms with Gasteiger partial charge < -0.3 is 15.0 Å². The van der Waals surface area contributed by atoms with Gasteiger partial charge in [-0.3, -0.25) is 19.3 Å². The van der Waals surface area contributed by atoms with Crippen LogP contribution in [0.3, 0.4) is 0 Å². The molecule has 148 valence electrons. The fraction of sp³-hybridized carbons (Fsp3) is 0.476. The molecule has 1 aromatic carbocycles. The molecule has 7 heteroatoms. The molecule has 4 rings (SSSR count). The Kier molecular flexibility index (Phi) is 5.43. The summed E-state index contributed by atoms with van der Waals surface area (Å²) in [6, 6.07) is 7.67. The first kappa shape index (κ1) is 18.7. The monoisotopic (exact) mass is 383 g/mol. The van der Waals surface area contributed by atoms with Crippen molar-refractivity contribution in [2.24, 2.45) is 11.8 Å². The quantitative estimate of drug-likeness (QED) is 0.620. The van der Waals surface area contributed by atoms with Crippen LogP contribution in [0, 0.1) is 11.8 Å². The Balaban J connectivity index is 1.37. The van der Waals surface area contributed by atoms with Gasteiger partial charge in [-0.15, -0.1) is 0 Å². The number of fused-ring (bicyclic) bond motifs is 1. The second kappa shape index (κ2) is 8.14. The van der Waals surface area contributed by atoms with Crippen molar-refractivity contribution in [3.05, 3.63) is 36.4 Å². The Morgan fingerprint density at radius 1 is 1.04 bits per heavy atom. The van der Waals surface area contributed by atoms with E-state index < -0.39 is 0 Å². The number of carbonyl (C=O) groups excluding carboxylic acids is 3. The second-order valence-corrected chi connectivity index (χ2v) is 7.40. The lowest BCUT2D eigenvalue weighted by Crippen LogP contribution is -2.37. The van der Waals surface area contributed by atoms with Gasteiger partial charge in [-0.2, -0.15) is 0 Å². The zero-order valence-corrected chi connectivity index (χ0v) is 15.8. The summed E-state index contributed by atoms with van der Waals surface area (Å²) in [5, 5.41) is 2.94. The lowest BCUT2D eigenvalue weighted by molar-refractivity contribution is -0.140. The summed E-state index contributed by atoms with van der Waals surface area (Å²) in [4.78, 5) is 41.0. The molecule has 7 nitrogen and oxygen atoms in total. The fourth-order valence-electron chi connectivity index (χ4n) is 4.17. The van der Waals surface area contributed by atoms with Crippen molar-refractivity contribution in [1.82, 2.24) is 4.90 Å². The number of benzene rings is 1. The van der Waals surface area contributed by atoms with Crippen molar-refractivity contribution in [2.75, 3.05) is 43.1 Å². The first-order valence-corrected chi connectivity index (χ1v) is 9.87. The highest BCUT2D eigenvalue weighted by Gasteiger charge is 2.46. The molecule has 0 bridgehead atoms. The van der Waals surface area contributed by atoms with Gasteiger partial charge in [0.1, 0.15) is 0 Å². The van der Waals surface area contributed by atoms with Gasteiger partial charge in [-0.05, 0) is 25.0 Å². The molecular weight excluding hydrogens is 358 g/mol. The third-order valence-electron chi connectivity index (χ3n) is 5.69. The number of amides is 3. The van der Waals surface area contributed by atoms with E-state index in [9.17, 15) is 14.4 Å². The van der Waals surface area contributed by atoms with Crippen molar-refractivity contribution >= 4 is 29.1 Å². The molecule has 1 N–H and O–H groups in total. The van der Waals surface area contributed by atoms with Gasteiger partial charge in [0, 0.05) is 26.1 Å². The second-order valence-electron chi connectivity index (χ2n) is 7.40. The molecule has 3 aliphatic rings. The third-order valence-corrected chi connectivity index (χ3v) is 5.69. The number of carbonyl (C=O) groups is 3. The van der Waals surface area contributed by atoms with Gasteiger partial charge in [0.05, 0.1) is 36.4 Å². The number of imide groups is 1. The van der Waals surface area contributed by atoms with Gasteiger partial charge in [-0.25, -0.2) is 0 Å². The SMILES string of the molecule is O=C(CCN1C(=O)[C@H]2CC=CC[C@@H]2C1=O)Nc1ccccc1N1CCOCC1. The molecule has 2 fully saturated rings. The van der Waals surface area contributed by atoms with Crippen LogP contribution in [-0.2, 0) is 19.1 Å². The van der Waals surface area contributed by atoms with Crippen LogP contribution in [0.25, 0.3) is 0 Å². The molecule has 1 aliphatic carbocycles. The number of anilines is 2. The average Bonchev–Trinajstić information content (AvgIpc) is 2.98.